The molecular formula is C20H16ClN5OS. The SMILES string of the molecule is CNC(=O)c1[nH]cnc1/N=c1\scc(-c2ccc(Cl)cc2)n1-c1ccccc1. The smallest absolute Gasteiger partial charge is 0.271 e. The molecule has 8 heteroatoms. The van der Waals surface area contributed by atoms with Crippen LogP contribution in [0.4, 0.5) is 5.82 Å². The zero-order valence-corrected chi connectivity index (χ0v) is 16.5. The Kier molecular flexibility index (Phi) is 5.10. The minimum atomic E-state index is -0.267. The molecule has 0 spiro atoms. The van der Waals surface area contributed by atoms with E-state index < -0.39 is 0 Å². The number of para-hydroxylation sites is 1. The Labute approximate surface area is 170 Å². The van der Waals surface area contributed by atoms with Crippen molar-refractivity contribution in [3.05, 3.63) is 81.8 Å². The predicted octanol–water partition coefficient (Wildman–Crippen LogP) is 4.17. The van der Waals surface area contributed by atoms with Crippen LogP contribution in [0.5, 0.6) is 0 Å². The van der Waals surface area contributed by atoms with Crippen LogP contribution in [0.2, 0.25) is 5.02 Å². The van der Waals surface area contributed by atoms with E-state index in [1.54, 1.807) is 7.05 Å². The van der Waals surface area contributed by atoms with Crippen molar-refractivity contribution < 1.29 is 4.79 Å². The van der Waals surface area contributed by atoms with Gasteiger partial charge in [0.15, 0.2) is 16.3 Å². The number of amides is 1. The average Bonchev–Trinajstić information content (AvgIpc) is 3.36. The van der Waals surface area contributed by atoms with Crippen LogP contribution in [0.3, 0.4) is 0 Å². The maximum atomic E-state index is 12.0. The van der Waals surface area contributed by atoms with Gasteiger partial charge in [0.1, 0.15) is 0 Å². The fourth-order valence-electron chi connectivity index (χ4n) is 2.79. The van der Waals surface area contributed by atoms with Crippen LogP contribution in [0.25, 0.3) is 16.9 Å². The second-order valence-electron chi connectivity index (χ2n) is 5.87. The number of H-pyrrole nitrogens is 1. The first kappa shape index (κ1) is 18.2. The van der Waals surface area contributed by atoms with Gasteiger partial charge in [-0.3, -0.25) is 9.36 Å². The molecule has 4 aromatic rings. The van der Waals surface area contributed by atoms with Crippen LogP contribution in [-0.4, -0.2) is 27.5 Å². The van der Waals surface area contributed by atoms with Crippen LogP contribution >= 0.6 is 22.9 Å². The molecule has 4 rings (SSSR count). The van der Waals surface area contributed by atoms with Crippen molar-refractivity contribution in [3.63, 3.8) is 0 Å². The number of halogens is 1. The van der Waals surface area contributed by atoms with Crippen molar-refractivity contribution in [3.8, 4) is 16.9 Å². The Morgan fingerprint density at radius 2 is 1.93 bits per heavy atom. The molecule has 2 heterocycles. The Bertz CT molecular complexity index is 1180. The Morgan fingerprint density at radius 1 is 1.18 bits per heavy atom. The summed E-state index contributed by atoms with van der Waals surface area (Å²) in [6, 6.07) is 17.6. The van der Waals surface area contributed by atoms with Crippen molar-refractivity contribution in [1.82, 2.24) is 19.9 Å². The van der Waals surface area contributed by atoms with Crippen molar-refractivity contribution in [2.45, 2.75) is 0 Å². The molecule has 28 heavy (non-hydrogen) atoms. The van der Waals surface area contributed by atoms with Crippen LogP contribution in [0, 0.1) is 0 Å². The fourth-order valence-corrected chi connectivity index (χ4v) is 3.83. The number of nitrogens with one attached hydrogen (secondary N) is 2. The summed E-state index contributed by atoms with van der Waals surface area (Å²) in [6.45, 7) is 0. The third-order valence-corrected chi connectivity index (χ3v) is 5.22. The summed E-state index contributed by atoms with van der Waals surface area (Å²) >= 11 is 7.52. The van der Waals surface area contributed by atoms with Gasteiger partial charge < -0.3 is 10.3 Å². The molecule has 2 N–H and O–H groups in total. The van der Waals surface area contributed by atoms with Gasteiger partial charge in [0.2, 0.25) is 0 Å². The van der Waals surface area contributed by atoms with Gasteiger partial charge in [-0.1, -0.05) is 41.9 Å². The van der Waals surface area contributed by atoms with E-state index in [1.807, 2.05) is 64.5 Å². The number of imidazole rings is 1. The lowest BCUT2D eigenvalue weighted by molar-refractivity contribution is 0.0959. The first-order valence-electron chi connectivity index (χ1n) is 8.49. The molecular weight excluding hydrogens is 394 g/mol. The molecule has 0 aliphatic rings. The van der Waals surface area contributed by atoms with Gasteiger partial charge in [0, 0.05) is 23.1 Å². The molecule has 0 unspecified atom stereocenters. The third-order valence-electron chi connectivity index (χ3n) is 4.14. The second-order valence-corrected chi connectivity index (χ2v) is 7.15. The maximum Gasteiger partial charge on any atom is 0.271 e. The molecule has 6 nitrogen and oxygen atoms in total. The van der Waals surface area contributed by atoms with Gasteiger partial charge in [-0.15, -0.1) is 11.3 Å². The minimum Gasteiger partial charge on any atom is -0.354 e. The second kappa shape index (κ2) is 7.84. The van der Waals surface area contributed by atoms with E-state index in [0.717, 1.165) is 16.9 Å². The fraction of sp³-hybridized carbons (Fsp3) is 0.0500. The summed E-state index contributed by atoms with van der Waals surface area (Å²) in [7, 11) is 1.57. The average molecular weight is 410 g/mol. The number of benzene rings is 2. The van der Waals surface area contributed by atoms with Gasteiger partial charge in [0.25, 0.3) is 5.91 Å². The maximum absolute atomic E-state index is 12.0. The molecule has 0 radical (unpaired) electrons. The Hall–Kier alpha value is -3.16. The highest BCUT2D eigenvalue weighted by Gasteiger charge is 2.14. The van der Waals surface area contributed by atoms with E-state index in [9.17, 15) is 4.79 Å². The number of thiazole rings is 1. The molecule has 0 atom stereocenters. The number of nitrogens with zero attached hydrogens (tertiary/aromatic N) is 3. The summed E-state index contributed by atoms with van der Waals surface area (Å²) in [5.41, 5.74) is 3.27. The van der Waals surface area contributed by atoms with Crippen LogP contribution in [0.1, 0.15) is 10.5 Å². The standard InChI is InChI=1S/C20H16ClN5OS/c1-22-19(27)17-18(24-12-23-17)25-20-26(15-5-3-2-4-6-15)16(11-28-20)13-7-9-14(21)10-8-13/h2-12H,1H3,(H,22,27)(H,23,24)/b25-20-. The van der Waals surface area contributed by atoms with E-state index >= 15 is 0 Å². The van der Waals surface area contributed by atoms with Crippen molar-refractivity contribution >= 4 is 34.7 Å². The first-order valence-corrected chi connectivity index (χ1v) is 9.75. The summed E-state index contributed by atoms with van der Waals surface area (Å²) in [5, 5.41) is 5.30. The summed E-state index contributed by atoms with van der Waals surface area (Å²) in [4.78, 5) is 24.5. The quantitative estimate of drug-likeness (QED) is 0.530. The van der Waals surface area contributed by atoms with Gasteiger partial charge in [0.05, 0.1) is 12.0 Å². The van der Waals surface area contributed by atoms with Crippen LogP contribution in [0.15, 0.2) is 71.3 Å². The van der Waals surface area contributed by atoms with Gasteiger partial charge in [-0.05, 0) is 29.8 Å². The number of aromatic amines is 1. The molecule has 140 valence electrons. The van der Waals surface area contributed by atoms with Crippen molar-refractivity contribution in [2.75, 3.05) is 7.05 Å². The Morgan fingerprint density at radius 3 is 2.64 bits per heavy atom. The molecule has 0 fully saturated rings. The molecule has 2 aromatic heterocycles. The van der Waals surface area contributed by atoms with Crippen molar-refractivity contribution in [1.29, 1.82) is 0 Å². The molecule has 0 saturated carbocycles. The lowest BCUT2D eigenvalue weighted by atomic mass is 10.1. The van der Waals surface area contributed by atoms with E-state index in [1.165, 1.54) is 17.7 Å². The molecule has 2 aromatic carbocycles. The summed E-state index contributed by atoms with van der Waals surface area (Å²) in [6.07, 6.45) is 1.46. The summed E-state index contributed by atoms with van der Waals surface area (Å²) in [5.74, 6) is 0.0746. The zero-order chi connectivity index (χ0) is 19.5. The van der Waals surface area contributed by atoms with Gasteiger partial charge in [-0.25, -0.2) is 4.98 Å². The zero-order valence-electron chi connectivity index (χ0n) is 14.9. The monoisotopic (exact) mass is 409 g/mol. The third kappa shape index (κ3) is 3.49. The number of carbonyl (C=O) groups excluding carboxylic acids is 1. The van der Waals surface area contributed by atoms with E-state index in [4.69, 9.17) is 11.6 Å². The number of aromatic nitrogens is 3. The lowest BCUT2D eigenvalue weighted by Crippen LogP contribution is -2.19. The van der Waals surface area contributed by atoms with Crippen molar-refractivity contribution in [2.24, 2.45) is 4.99 Å². The Balaban J connectivity index is 1.93. The molecule has 0 saturated heterocycles. The molecule has 0 aliphatic heterocycles. The molecule has 0 bridgehead atoms. The topological polar surface area (TPSA) is 75.1 Å². The van der Waals surface area contributed by atoms with Crippen LogP contribution < -0.4 is 10.1 Å². The van der Waals surface area contributed by atoms with E-state index in [-0.39, 0.29) is 5.91 Å². The van der Waals surface area contributed by atoms with Gasteiger partial charge >= 0.3 is 0 Å². The summed E-state index contributed by atoms with van der Waals surface area (Å²) < 4.78 is 2.04. The lowest BCUT2D eigenvalue weighted by Gasteiger charge is -2.09. The predicted molar refractivity (Wildman–Crippen MR) is 111 cm³/mol. The normalized spacial score (nSPS) is 11.6. The van der Waals surface area contributed by atoms with Gasteiger partial charge in [-0.2, -0.15) is 4.99 Å². The molecule has 1 amide bonds. The van der Waals surface area contributed by atoms with E-state index in [2.05, 4.69) is 20.3 Å². The van der Waals surface area contributed by atoms with Crippen LogP contribution in [-0.2, 0) is 0 Å². The first-order chi connectivity index (χ1) is 13.7. The number of carbonyl (C=O) groups is 1. The number of hydrogen-bond acceptors (Lipinski definition) is 4. The highest BCUT2D eigenvalue weighted by molar-refractivity contribution is 7.07. The number of hydrogen-bond donors (Lipinski definition) is 2. The highest BCUT2D eigenvalue weighted by Crippen LogP contribution is 2.25. The molecule has 0 aliphatic carbocycles. The highest BCUT2D eigenvalue weighted by atomic mass is 35.5. The number of rotatable bonds is 4. The largest absolute Gasteiger partial charge is 0.354 e. The minimum absolute atomic E-state index is 0.267. The van der Waals surface area contributed by atoms with E-state index in [0.29, 0.717) is 21.3 Å².